The SMILES string of the molecule is CNC1CCN(c2cc(O[C@@H](C)[C@@H]3CCCN3C)nc(C(=N)C3=C(O)[C@]4(CCCCC4=O)CCC3)n2)CC1. The number of aromatic nitrogens is 2. The summed E-state index contributed by atoms with van der Waals surface area (Å²) in [5.41, 5.74) is -0.194. The second kappa shape index (κ2) is 11.3. The van der Waals surface area contributed by atoms with Gasteiger partial charge in [0.05, 0.1) is 5.41 Å². The molecule has 38 heavy (non-hydrogen) atoms. The summed E-state index contributed by atoms with van der Waals surface area (Å²) >= 11 is 0. The zero-order valence-corrected chi connectivity index (χ0v) is 23.3. The van der Waals surface area contributed by atoms with Crippen molar-refractivity contribution in [3.8, 4) is 5.88 Å². The van der Waals surface area contributed by atoms with E-state index in [2.05, 4.69) is 29.1 Å². The Kier molecular flexibility index (Phi) is 8.05. The van der Waals surface area contributed by atoms with Crippen molar-refractivity contribution in [3.63, 3.8) is 0 Å². The summed E-state index contributed by atoms with van der Waals surface area (Å²) in [6.45, 7) is 4.88. The molecule has 2 aliphatic heterocycles. The molecule has 5 rings (SSSR count). The molecule has 3 fully saturated rings. The quantitative estimate of drug-likeness (QED) is 0.458. The molecule has 1 spiro atoms. The Balaban J connectivity index is 1.47. The van der Waals surface area contributed by atoms with Gasteiger partial charge in [-0.2, -0.15) is 4.98 Å². The highest BCUT2D eigenvalue weighted by molar-refractivity contribution is 6.09. The number of ketones is 1. The van der Waals surface area contributed by atoms with Crippen LogP contribution in [0.1, 0.15) is 83.4 Å². The lowest BCUT2D eigenvalue weighted by atomic mass is 9.64. The van der Waals surface area contributed by atoms with Gasteiger partial charge >= 0.3 is 0 Å². The molecular weight excluding hydrogens is 480 g/mol. The monoisotopic (exact) mass is 524 g/mol. The van der Waals surface area contributed by atoms with E-state index in [1.807, 2.05) is 13.1 Å². The number of ether oxygens (including phenoxy) is 1. The van der Waals surface area contributed by atoms with E-state index in [0.29, 0.717) is 49.2 Å². The summed E-state index contributed by atoms with van der Waals surface area (Å²) in [5.74, 6) is 1.70. The molecule has 1 aromatic heterocycles. The van der Waals surface area contributed by atoms with E-state index in [0.717, 1.165) is 70.4 Å². The average molecular weight is 525 g/mol. The minimum atomic E-state index is -0.828. The number of Topliss-reactive ketones (excluding diaryl/α,β-unsaturated/α-hetero) is 1. The number of hydrogen-bond donors (Lipinski definition) is 3. The van der Waals surface area contributed by atoms with E-state index in [9.17, 15) is 9.90 Å². The first kappa shape index (κ1) is 27.1. The molecule has 208 valence electrons. The van der Waals surface area contributed by atoms with E-state index in [1.165, 1.54) is 0 Å². The maximum Gasteiger partial charge on any atom is 0.219 e. The zero-order chi connectivity index (χ0) is 26.9. The molecule has 1 aromatic rings. The van der Waals surface area contributed by atoms with Crippen molar-refractivity contribution in [1.82, 2.24) is 20.2 Å². The average Bonchev–Trinajstić information content (AvgIpc) is 3.37. The van der Waals surface area contributed by atoms with E-state index in [1.54, 1.807) is 0 Å². The second-order valence-corrected chi connectivity index (χ2v) is 11.7. The number of hydrogen-bond acceptors (Lipinski definition) is 9. The van der Waals surface area contributed by atoms with Gasteiger partial charge in [0.1, 0.15) is 29.2 Å². The van der Waals surface area contributed by atoms with Crippen molar-refractivity contribution >= 4 is 17.3 Å². The van der Waals surface area contributed by atoms with Crippen LogP contribution >= 0.6 is 0 Å². The van der Waals surface area contributed by atoms with Crippen LogP contribution in [0.25, 0.3) is 0 Å². The van der Waals surface area contributed by atoms with Gasteiger partial charge in [-0.25, -0.2) is 4.98 Å². The number of aliphatic hydroxyl groups is 1. The van der Waals surface area contributed by atoms with Crippen molar-refractivity contribution < 1.29 is 14.6 Å². The molecule has 3 N–H and O–H groups in total. The largest absolute Gasteiger partial charge is 0.511 e. The van der Waals surface area contributed by atoms with Gasteiger partial charge in [-0.15, -0.1) is 0 Å². The van der Waals surface area contributed by atoms with Crippen molar-refractivity contribution in [2.45, 2.75) is 95.7 Å². The maximum absolute atomic E-state index is 13.0. The van der Waals surface area contributed by atoms with Crippen LogP contribution in [-0.2, 0) is 4.79 Å². The molecule has 2 aliphatic carbocycles. The van der Waals surface area contributed by atoms with Crippen molar-refractivity contribution in [1.29, 1.82) is 5.41 Å². The standard InChI is InChI=1S/C29H44N6O3/c1-19(22-9-7-15-34(22)3)38-25-18-24(35-16-11-20(31-2)12-17-35)32-28(33-25)26(30)21-8-6-14-29(27(21)37)13-5-4-10-23(29)36/h18-20,22,30-31,37H,4-17H2,1-3H3/t19-,22-,29+/m0/s1. The highest BCUT2D eigenvalue weighted by atomic mass is 16.5. The van der Waals surface area contributed by atoms with Crippen LogP contribution in [0, 0.1) is 10.8 Å². The molecule has 0 unspecified atom stereocenters. The van der Waals surface area contributed by atoms with Gasteiger partial charge in [-0.3, -0.25) is 15.1 Å². The zero-order valence-electron chi connectivity index (χ0n) is 23.3. The molecule has 3 heterocycles. The van der Waals surface area contributed by atoms with Crippen LogP contribution in [0.5, 0.6) is 5.88 Å². The Bertz CT molecular complexity index is 1080. The van der Waals surface area contributed by atoms with Gasteiger partial charge in [0, 0.05) is 43.2 Å². The summed E-state index contributed by atoms with van der Waals surface area (Å²) in [7, 11) is 4.14. The molecule has 0 amide bonds. The summed E-state index contributed by atoms with van der Waals surface area (Å²) < 4.78 is 6.41. The number of carbonyl (C=O) groups is 1. The lowest BCUT2D eigenvalue weighted by Gasteiger charge is -2.39. The Hall–Kier alpha value is -2.52. The van der Waals surface area contributed by atoms with Crippen LogP contribution < -0.4 is 15.0 Å². The topological polar surface area (TPSA) is 115 Å². The van der Waals surface area contributed by atoms with Crippen LogP contribution in [0.3, 0.4) is 0 Å². The summed E-state index contributed by atoms with van der Waals surface area (Å²) in [6.07, 6.45) is 9.21. The lowest BCUT2D eigenvalue weighted by molar-refractivity contribution is -0.131. The molecule has 1 saturated carbocycles. The van der Waals surface area contributed by atoms with E-state index in [4.69, 9.17) is 20.1 Å². The number of allylic oxidation sites excluding steroid dienone is 2. The molecular formula is C29H44N6O3. The number of likely N-dealkylation sites (N-methyl/N-ethyl adjacent to an activating group) is 1. The second-order valence-electron chi connectivity index (χ2n) is 11.7. The molecule has 0 bridgehead atoms. The minimum Gasteiger partial charge on any atom is -0.511 e. The van der Waals surface area contributed by atoms with E-state index >= 15 is 0 Å². The van der Waals surface area contributed by atoms with Crippen LogP contribution in [0.4, 0.5) is 5.82 Å². The third kappa shape index (κ3) is 5.19. The number of anilines is 1. The number of piperidine rings is 1. The Morgan fingerprint density at radius 1 is 1.13 bits per heavy atom. The smallest absolute Gasteiger partial charge is 0.219 e. The first-order valence-electron chi connectivity index (χ1n) is 14.6. The number of aliphatic hydroxyl groups excluding tert-OH is 1. The van der Waals surface area contributed by atoms with Crippen molar-refractivity contribution in [2.75, 3.05) is 38.6 Å². The molecule has 0 aromatic carbocycles. The van der Waals surface area contributed by atoms with Crippen LogP contribution in [0.15, 0.2) is 17.4 Å². The van der Waals surface area contributed by atoms with Gasteiger partial charge in [0.2, 0.25) is 5.88 Å². The lowest BCUT2D eigenvalue weighted by Crippen LogP contribution is -2.42. The fourth-order valence-corrected chi connectivity index (χ4v) is 7.02. The Labute approximate surface area is 226 Å². The maximum atomic E-state index is 13.0. The van der Waals surface area contributed by atoms with Crippen molar-refractivity contribution in [2.24, 2.45) is 5.41 Å². The number of rotatable bonds is 7. The molecule has 3 atom stereocenters. The first-order chi connectivity index (χ1) is 18.3. The molecule has 0 radical (unpaired) electrons. The van der Waals surface area contributed by atoms with Gasteiger partial charge < -0.3 is 20.1 Å². The minimum absolute atomic E-state index is 0.0484. The van der Waals surface area contributed by atoms with Gasteiger partial charge in [0.15, 0.2) is 5.82 Å². The highest BCUT2D eigenvalue weighted by Crippen LogP contribution is 2.48. The third-order valence-corrected chi connectivity index (χ3v) is 9.43. The van der Waals surface area contributed by atoms with Crippen LogP contribution in [0.2, 0.25) is 0 Å². The molecule has 4 aliphatic rings. The third-order valence-electron chi connectivity index (χ3n) is 9.43. The fourth-order valence-electron chi connectivity index (χ4n) is 7.02. The Morgan fingerprint density at radius 3 is 2.58 bits per heavy atom. The molecule has 2 saturated heterocycles. The highest BCUT2D eigenvalue weighted by Gasteiger charge is 2.47. The number of nitrogens with zero attached hydrogens (tertiary/aromatic N) is 4. The van der Waals surface area contributed by atoms with E-state index in [-0.39, 0.29) is 29.2 Å². The molecule has 9 nitrogen and oxygen atoms in total. The predicted molar refractivity (Wildman–Crippen MR) is 148 cm³/mol. The van der Waals surface area contributed by atoms with Gasteiger partial charge in [0.25, 0.3) is 0 Å². The van der Waals surface area contributed by atoms with Crippen molar-refractivity contribution in [3.05, 3.63) is 23.2 Å². The van der Waals surface area contributed by atoms with Gasteiger partial charge in [-0.05, 0) is 85.4 Å². The molecule has 9 heteroatoms. The fraction of sp³-hybridized carbons (Fsp3) is 0.724. The summed E-state index contributed by atoms with van der Waals surface area (Å²) in [4.78, 5) is 27.1. The number of nitrogens with one attached hydrogen (secondary N) is 2. The van der Waals surface area contributed by atoms with Gasteiger partial charge in [-0.1, -0.05) is 6.42 Å². The normalized spacial score (nSPS) is 28.2. The predicted octanol–water partition coefficient (Wildman–Crippen LogP) is 4.02. The van der Waals surface area contributed by atoms with E-state index < -0.39 is 5.41 Å². The number of likely N-dealkylation sites (tertiary alicyclic amines) is 1. The Morgan fingerprint density at radius 2 is 1.89 bits per heavy atom. The number of carbonyl (C=O) groups excluding carboxylic acids is 1. The first-order valence-corrected chi connectivity index (χ1v) is 14.6. The summed E-state index contributed by atoms with van der Waals surface area (Å²) in [6, 6.07) is 2.72. The van der Waals surface area contributed by atoms with Crippen LogP contribution in [-0.4, -0.2) is 83.4 Å². The summed E-state index contributed by atoms with van der Waals surface area (Å²) in [5, 5.41) is 23.9.